The molecule has 1 aliphatic heterocycles. The minimum atomic E-state index is -0.252. The topological polar surface area (TPSA) is 85.3 Å². The molecule has 0 aliphatic carbocycles. The van der Waals surface area contributed by atoms with Crippen molar-refractivity contribution in [3.8, 4) is 11.1 Å². The molecular formula is C17H22N4O2. The maximum absolute atomic E-state index is 11.0. The van der Waals surface area contributed by atoms with Gasteiger partial charge >= 0.3 is 0 Å². The quantitative estimate of drug-likeness (QED) is 0.915. The van der Waals surface area contributed by atoms with Gasteiger partial charge in [0.15, 0.2) is 0 Å². The minimum absolute atomic E-state index is 0.252. The standard InChI is InChI=1S/C17H22N4O2/c1-11-17(12(2)23-20-11)13-5-6-14(19-10-13)15-4-3-8-21(15)9-7-16(18)22/h5-6,10,15H,3-4,7-9H2,1-2H3,(H2,18,22)/t15-/m1/s1. The molecule has 1 saturated heterocycles. The highest BCUT2D eigenvalue weighted by Gasteiger charge is 2.27. The number of likely N-dealkylation sites (tertiary alicyclic amines) is 1. The lowest BCUT2D eigenvalue weighted by Gasteiger charge is -2.23. The summed E-state index contributed by atoms with van der Waals surface area (Å²) < 4.78 is 5.22. The fourth-order valence-corrected chi connectivity index (χ4v) is 3.33. The second-order valence-electron chi connectivity index (χ2n) is 6.08. The predicted octanol–water partition coefficient (Wildman–Crippen LogP) is 2.37. The number of pyridine rings is 1. The molecule has 122 valence electrons. The molecule has 0 aromatic carbocycles. The Morgan fingerprint density at radius 2 is 2.26 bits per heavy atom. The van der Waals surface area contributed by atoms with Crippen molar-refractivity contribution in [2.45, 2.75) is 39.2 Å². The number of carbonyl (C=O) groups excluding carboxylic acids is 1. The zero-order chi connectivity index (χ0) is 16.4. The van der Waals surface area contributed by atoms with Crippen LogP contribution in [0.15, 0.2) is 22.9 Å². The summed E-state index contributed by atoms with van der Waals surface area (Å²) in [7, 11) is 0. The van der Waals surface area contributed by atoms with E-state index < -0.39 is 0 Å². The summed E-state index contributed by atoms with van der Waals surface area (Å²) in [6.45, 7) is 5.53. The van der Waals surface area contributed by atoms with E-state index in [4.69, 9.17) is 10.3 Å². The van der Waals surface area contributed by atoms with Crippen LogP contribution in [0, 0.1) is 13.8 Å². The summed E-state index contributed by atoms with van der Waals surface area (Å²) in [5, 5.41) is 3.99. The molecule has 3 rings (SSSR count). The summed E-state index contributed by atoms with van der Waals surface area (Å²) in [6, 6.07) is 4.40. The molecule has 0 saturated carbocycles. The Morgan fingerprint density at radius 1 is 1.43 bits per heavy atom. The van der Waals surface area contributed by atoms with Gasteiger partial charge in [-0.1, -0.05) is 11.2 Å². The first kappa shape index (κ1) is 15.7. The van der Waals surface area contributed by atoms with Gasteiger partial charge in [-0.05, 0) is 39.3 Å². The molecule has 0 spiro atoms. The predicted molar refractivity (Wildman–Crippen MR) is 86.6 cm³/mol. The van der Waals surface area contributed by atoms with E-state index in [1.54, 1.807) is 0 Å². The number of carbonyl (C=O) groups is 1. The molecule has 1 fully saturated rings. The zero-order valence-corrected chi connectivity index (χ0v) is 13.6. The van der Waals surface area contributed by atoms with E-state index in [0.717, 1.165) is 47.7 Å². The molecule has 2 aromatic heterocycles. The third-order valence-corrected chi connectivity index (χ3v) is 4.46. The zero-order valence-electron chi connectivity index (χ0n) is 13.6. The molecule has 1 amide bonds. The second-order valence-corrected chi connectivity index (χ2v) is 6.08. The highest BCUT2D eigenvalue weighted by atomic mass is 16.5. The largest absolute Gasteiger partial charge is 0.370 e. The maximum Gasteiger partial charge on any atom is 0.218 e. The van der Waals surface area contributed by atoms with Crippen molar-refractivity contribution in [2.75, 3.05) is 13.1 Å². The van der Waals surface area contributed by atoms with E-state index in [0.29, 0.717) is 13.0 Å². The molecule has 1 atom stereocenters. The molecule has 1 aliphatic rings. The summed E-state index contributed by atoms with van der Waals surface area (Å²) in [5.41, 5.74) is 9.22. The molecule has 6 nitrogen and oxygen atoms in total. The first-order valence-electron chi connectivity index (χ1n) is 7.98. The Labute approximate surface area is 135 Å². The number of hydrogen-bond acceptors (Lipinski definition) is 5. The second kappa shape index (κ2) is 6.50. The van der Waals surface area contributed by atoms with Gasteiger partial charge in [-0.25, -0.2) is 0 Å². The number of aromatic nitrogens is 2. The first-order valence-corrected chi connectivity index (χ1v) is 7.98. The van der Waals surface area contributed by atoms with E-state index in [1.165, 1.54) is 0 Å². The first-order chi connectivity index (χ1) is 11.1. The van der Waals surface area contributed by atoms with E-state index >= 15 is 0 Å². The van der Waals surface area contributed by atoms with Gasteiger partial charge in [0.05, 0.1) is 17.4 Å². The third kappa shape index (κ3) is 3.27. The number of nitrogens with two attached hydrogens (primary N) is 1. The Morgan fingerprint density at radius 3 is 2.87 bits per heavy atom. The molecule has 2 aromatic rings. The van der Waals surface area contributed by atoms with Crippen molar-refractivity contribution in [1.82, 2.24) is 15.0 Å². The molecule has 23 heavy (non-hydrogen) atoms. The Kier molecular flexibility index (Phi) is 4.43. The van der Waals surface area contributed by atoms with Crippen LogP contribution < -0.4 is 5.73 Å². The van der Waals surface area contributed by atoms with Gasteiger partial charge in [-0.3, -0.25) is 14.7 Å². The van der Waals surface area contributed by atoms with Gasteiger partial charge in [0.1, 0.15) is 5.76 Å². The SMILES string of the molecule is Cc1noc(C)c1-c1ccc([C@H]2CCCN2CCC(N)=O)nc1. The Bertz CT molecular complexity index is 674. The molecule has 0 radical (unpaired) electrons. The highest BCUT2D eigenvalue weighted by molar-refractivity contribution is 5.73. The van der Waals surface area contributed by atoms with Crippen LogP contribution in [0.5, 0.6) is 0 Å². The van der Waals surface area contributed by atoms with Gasteiger partial charge in [0.2, 0.25) is 5.91 Å². The molecule has 3 heterocycles. The average molecular weight is 314 g/mol. The summed E-state index contributed by atoms with van der Waals surface area (Å²) in [5.74, 6) is 0.554. The van der Waals surface area contributed by atoms with Gasteiger partial charge in [0, 0.05) is 30.3 Å². The number of nitrogens with zero attached hydrogens (tertiary/aromatic N) is 3. The van der Waals surface area contributed by atoms with Crippen LogP contribution in [0.3, 0.4) is 0 Å². The highest BCUT2D eigenvalue weighted by Crippen LogP contribution is 2.32. The van der Waals surface area contributed by atoms with E-state index in [1.807, 2.05) is 20.0 Å². The fourth-order valence-electron chi connectivity index (χ4n) is 3.33. The molecule has 6 heteroatoms. The normalized spacial score (nSPS) is 18.4. The number of hydrogen-bond donors (Lipinski definition) is 1. The number of amides is 1. The van der Waals surface area contributed by atoms with Gasteiger partial charge < -0.3 is 10.3 Å². The van der Waals surface area contributed by atoms with E-state index in [9.17, 15) is 4.79 Å². The minimum Gasteiger partial charge on any atom is -0.370 e. The number of rotatable bonds is 5. The van der Waals surface area contributed by atoms with Crippen LogP contribution >= 0.6 is 0 Å². The number of aryl methyl sites for hydroxylation is 2. The van der Waals surface area contributed by atoms with Crippen LogP contribution in [0.1, 0.15) is 42.5 Å². The fraction of sp³-hybridized carbons (Fsp3) is 0.471. The molecule has 2 N–H and O–H groups in total. The van der Waals surface area contributed by atoms with Crippen molar-refractivity contribution >= 4 is 5.91 Å². The van der Waals surface area contributed by atoms with E-state index in [-0.39, 0.29) is 11.9 Å². The molecular weight excluding hydrogens is 292 g/mol. The molecule has 0 unspecified atom stereocenters. The lowest BCUT2D eigenvalue weighted by atomic mass is 10.0. The summed E-state index contributed by atoms with van der Waals surface area (Å²) in [6.07, 6.45) is 4.47. The monoisotopic (exact) mass is 314 g/mol. The van der Waals surface area contributed by atoms with Crippen LogP contribution in [-0.2, 0) is 4.79 Å². The third-order valence-electron chi connectivity index (χ3n) is 4.46. The van der Waals surface area contributed by atoms with Crippen molar-refractivity contribution in [3.05, 3.63) is 35.5 Å². The van der Waals surface area contributed by atoms with E-state index in [2.05, 4.69) is 27.2 Å². The maximum atomic E-state index is 11.0. The van der Waals surface area contributed by atoms with Crippen molar-refractivity contribution < 1.29 is 9.32 Å². The number of primary amides is 1. The lowest BCUT2D eigenvalue weighted by Crippen LogP contribution is -2.28. The van der Waals surface area contributed by atoms with Gasteiger partial charge in [0.25, 0.3) is 0 Å². The average Bonchev–Trinajstić information content (AvgIpc) is 3.12. The van der Waals surface area contributed by atoms with Crippen LogP contribution in [0.25, 0.3) is 11.1 Å². The lowest BCUT2D eigenvalue weighted by molar-refractivity contribution is -0.118. The van der Waals surface area contributed by atoms with Crippen molar-refractivity contribution in [2.24, 2.45) is 5.73 Å². The van der Waals surface area contributed by atoms with Crippen LogP contribution in [0.2, 0.25) is 0 Å². The van der Waals surface area contributed by atoms with Crippen molar-refractivity contribution in [1.29, 1.82) is 0 Å². The smallest absolute Gasteiger partial charge is 0.218 e. The Hall–Kier alpha value is -2.21. The molecule has 0 bridgehead atoms. The summed E-state index contributed by atoms with van der Waals surface area (Å²) >= 11 is 0. The van der Waals surface area contributed by atoms with Crippen molar-refractivity contribution in [3.63, 3.8) is 0 Å². The summed E-state index contributed by atoms with van der Waals surface area (Å²) in [4.78, 5) is 17.9. The van der Waals surface area contributed by atoms with Gasteiger partial charge in [-0.15, -0.1) is 0 Å². The van der Waals surface area contributed by atoms with Crippen LogP contribution in [-0.4, -0.2) is 34.0 Å². The Balaban J connectivity index is 1.78. The van der Waals surface area contributed by atoms with Gasteiger partial charge in [-0.2, -0.15) is 0 Å². The van der Waals surface area contributed by atoms with Crippen LogP contribution in [0.4, 0.5) is 0 Å².